The lowest BCUT2D eigenvalue weighted by Gasteiger charge is -2.37. The van der Waals surface area contributed by atoms with Crippen LogP contribution in [0.25, 0.3) is 5.70 Å². The van der Waals surface area contributed by atoms with Crippen molar-refractivity contribution >= 4 is 32.9 Å². The molecular formula is C35H47NOSi2. The predicted molar refractivity (Wildman–Crippen MR) is 175 cm³/mol. The summed E-state index contributed by atoms with van der Waals surface area (Å²) in [5, 5.41) is 3.05. The van der Waals surface area contributed by atoms with Crippen molar-refractivity contribution in [3.63, 3.8) is 0 Å². The Morgan fingerprint density at radius 3 is 2.59 bits per heavy atom. The average Bonchev–Trinajstić information content (AvgIpc) is 3.48. The SMILES string of the molecule is C=CCOc1c([Si](C)(C)C2C=C(N3CC4=CC=CCC4C3)c3ccccc32)cc(C)c([SiH](C)C)c1C(C)(C)C. The van der Waals surface area contributed by atoms with Gasteiger partial charge in [-0.15, -0.1) is 0 Å². The van der Waals surface area contributed by atoms with Gasteiger partial charge >= 0.3 is 0 Å². The van der Waals surface area contributed by atoms with Crippen LogP contribution in [0.2, 0.25) is 26.2 Å². The molecule has 0 aromatic heterocycles. The quantitative estimate of drug-likeness (QED) is 0.271. The fraction of sp³-hybridized carbons (Fsp3) is 0.429. The van der Waals surface area contributed by atoms with Crippen molar-refractivity contribution in [3.8, 4) is 5.75 Å². The molecule has 0 spiro atoms. The van der Waals surface area contributed by atoms with Gasteiger partial charge in [0.15, 0.2) is 0 Å². The number of hydrogen-bond acceptors (Lipinski definition) is 2. The van der Waals surface area contributed by atoms with Gasteiger partial charge in [0.25, 0.3) is 0 Å². The Hall–Kier alpha value is -2.57. The van der Waals surface area contributed by atoms with Crippen molar-refractivity contribution in [3.05, 3.63) is 95.1 Å². The minimum Gasteiger partial charge on any atom is -0.489 e. The van der Waals surface area contributed by atoms with Gasteiger partial charge in [-0.05, 0) is 40.6 Å². The second kappa shape index (κ2) is 10.4. The lowest BCUT2D eigenvalue weighted by molar-refractivity contribution is 0.354. The monoisotopic (exact) mass is 553 g/mol. The second-order valence-electron chi connectivity index (χ2n) is 13.7. The van der Waals surface area contributed by atoms with Gasteiger partial charge in [-0.25, -0.2) is 0 Å². The molecule has 4 heteroatoms. The summed E-state index contributed by atoms with van der Waals surface area (Å²) in [7, 11) is -3.18. The van der Waals surface area contributed by atoms with Crippen LogP contribution in [0, 0.1) is 12.8 Å². The van der Waals surface area contributed by atoms with Gasteiger partial charge in [-0.3, -0.25) is 0 Å². The third kappa shape index (κ3) is 4.95. The lowest BCUT2D eigenvalue weighted by atomic mass is 9.85. The highest BCUT2D eigenvalue weighted by Gasteiger charge is 2.44. The zero-order chi connectivity index (χ0) is 28.1. The van der Waals surface area contributed by atoms with E-state index in [9.17, 15) is 0 Å². The highest BCUT2D eigenvalue weighted by atomic mass is 28.3. The van der Waals surface area contributed by atoms with Crippen molar-refractivity contribution in [2.45, 2.75) is 71.3 Å². The Kier molecular flexibility index (Phi) is 7.49. The zero-order valence-electron chi connectivity index (χ0n) is 25.4. The molecule has 2 unspecified atom stereocenters. The van der Waals surface area contributed by atoms with E-state index in [4.69, 9.17) is 4.74 Å². The van der Waals surface area contributed by atoms with Crippen molar-refractivity contribution < 1.29 is 4.74 Å². The van der Waals surface area contributed by atoms with Crippen LogP contribution in [0.3, 0.4) is 0 Å². The van der Waals surface area contributed by atoms with Crippen LogP contribution in [0.4, 0.5) is 0 Å². The number of allylic oxidation sites excluding steroid dienone is 4. The third-order valence-electron chi connectivity index (χ3n) is 9.11. The van der Waals surface area contributed by atoms with Gasteiger partial charge in [0.2, 0.25) is 0 Å². The molecule has 2 aromatic rings. The minimum atomic E-state index is -2.10. The summed E-state index contributed by atoms with van der Waals surface area (Å²) in [6, 6.07) is 11.7. The normalized spacial score (nSPS) is 20.6. The van der Waals surface area contributed by atoms with Gasteiger partial charge in [0.1, 0.15) is 12.4 Å². The van der Waals surface area contributed by atoms with E-state index in [1.807, 2.05) is 6.08 Å². The molecule has 0 bridgehead atoms. The van der Waals surface area contributed by atoms with Crippen LogP contribution in [-0.4, -0.2) is 41.5 Å². The topological polar surface area (TPSA) is 12.5 Å². The summed E-state index contributed by atoms with van der Waals surface area (Å²) < 4.78 is 6.71. The Bertz CT molecular complexity index is 1370. The minimum absolute atomic E-state index is 0.0105. The standard InChI is InChI=1S/C35H47NOSi2/c1-10-19-37-33-31(20-24(2)34(38(6)7)32(33)35(3,4)5)39(8,9)30-21-29(27-17-13-14-18-28(27)30)36-22-25-15-11-12-16-26(25)23-36/h10-15,17-18,20-21,26,30,38H,1,16,19,22-23H2,2-9H3. The summed E-state index contributed by atoms with van der Waals surface area (Å²) in [6.45, 7) is 26.2. The highest BCUT2D eigenvalue weighted by Crippen LogP contribution is 2.46. The van der Waals surface area contributed by atoms with E-state index in [0.29, 0.717) is 18.1 Å². The first-order valence-corrected chi connectivity index (χ1v) is 20.7. The van der Waals surface area contributed by atoms with Gasteiger partial charge in [0.05, 0.1) is 16.9 Å². The third-order valence-corrected chi connectivity index (χ3v) is 14.8. The lowest BCUT2D eigenvalue weighted by Crippen LogP contribution is -2.50. The number of benzene rings is 2. The van der Waals surface area contributed by atoms with Crippen LogP contribution in [0.1, 0.15) is 55.0 Å². The molecule has 1 fully saturated rings. The van der Waals surface area contributed by atoms with E-state index in [1.54, 1.807) is 10.8 Å². The average molecular weight is 554 g/mol. The van der Waals surface area contributed by atoms with E-state index in [1.165, 1.54) is 39.6 Å². The summed E-state index contributed by atoms with van der Waals surface area (Å²) in [5.41, 5.74) is 9.28. The molecule has 1 aliphatic heterocycles. The fourth-order valence-electron chi connectivity index (χ4n) is 7.28. The second-order valence-corrected chi connectivity index (χ2v) is 21.2. The number of aryl methyl sites for hydroxylation is 1. The smallest absolute Gasteiger partial charge is 0.122 e. The number of fused-ring (bicyclic) bond motifs is 2. The molecule has 206 valence electrons. The molecule has 0 amide bonds. The van der Waals surface area contributed by atoms with E-state index < -0.39 is 16.9 Å². The van der Waals surface area contributed by atoms with Crippen molar-refractivity contribution in [1.29, 1.82) is 0 Å². The van der Waals surface area contributed by atoms with Crippen LogP contribution >= 0.6 is 0 Å². The zero-order valence-corrected chi connectivity index (χ0v) is 27.6. The van der Waals surface area contributed by atoms with Crippen LogP contribution < -0.4 is 15.1 Å². The van der Waals surface area contributed by atoms with Crippen LogP contribution in [-0.2, 0) is 5.41 Å². The molecule has 0 N–H and O–H groups in total. The molecule has 39 heavy (non-hydrogen) atoms. The molecule has 2 aliphatic carbocycles. The number of rotatable bonds is 7. The molecule has 2 aromatic carbocycles. The Morgan fingerprint density at radius 2 is 1.92 bits per heavy atom. The molecule has 5 rings (SSSR count). The van der Waals surface area contributed by atoms with Crippen LogP contribution in [0.5, 0.6) is 5.75 Å². The maximum atomic E-state index is 6.71. The summed E-state index contributed by atoms with van der Waals surface area (Å²) in [5.74, 6) is 1.82. The van der Waals surface area contributed by atoms with Crippen molar-refractivity contribution in [1.82, 2.24) is 4.90 Å². The van der Waals surface area contributed by atoms with Crippen molar-refractivity contribution in [2.75, 3.05) is 19.7 Å². The number of ether oxygens (including phenoxy) is 1. The summed E-state index contributed by atoms with van der Waals surface area (Å²) in [6.07, 6.45) is 12.6. The van der Waals surface area contributed by atoms with Gasteiger partial charge in [-0.2, -0.15) is 0 Å². The highest BCUT2D eigenvalue weighted by molar-refractivity contribution is 6.92. The van der Waals surface area contributed by atoms with E-state index in [0.717, 1.165) is 18.8 Å². The Balaban J connectivity index is 1.66. The fourth-order valence-corrected chi connectivity index (χ4v) is 12.7. The van der Waals surface area contributed by atoms with E-state index >= 15 is 0 Å². The number of likely N-dealkylation sites (tertiary alicyclic amines) is 1. The van der Waals surface area contributed by atoms with Gasteiger partial charge in [0, 0.05) is 35.8 Å². The number of hydrogen-bond donors (Lipinski definition) is 0. The summed E-state index contributed by atoms with van der Waals surface area (Å²) in [4.78, 5) is 2.65. The molecule has 0 radical (unpaired) electrons. The van der Waals surface area contributed by atoms with Crippen LogP contribution in [0.15, 0.2) is 72.9 Å². The molecule has 2 atom stereocenters. The van der Waals surface area contributed by atoms with E-state index in [2.05, 4.69) is 120 Å². The molecule has 2 nitrogen and oxygen atoms in total. The molecule has 1 heterocycles. The first kappa shape index (κ1) is 28.0. The number of nitrogens with zero attached hydrogens (tertiary/aromatic N) is 1. The van der Waals surface area contributed by atoms with Gasteiger partial charge in [-0.1, -0.05) is 125 Å². The largest absolute Gasteiger partial charge is 0.489 e. The summed E-state index contributed by atoms with van der Waals surface area (Å²) >= 11 is 0. The predicted octanol–water partition coefficient (Wildman–Crippen LogP) is 6.96. The maximum absolute atomic E-state index is 6.71. The molecule has 1 saturated heterocycles. The Labute approximate surface area is 239 Å². The molecule has 0 saturated carbocycles. The van der Waals surface area contributed by atoms with Gasteiger partial charge < -0.3 is 9.64 Å². The first-order chi connectivity index (χ1) is 18.4. The Morgan fingerprint density at radius 1 is 1.18 bits per heavy atom. The first-order valence-electron chi connectivity index (χ1n) is 14.8. The maximum Gasteiger partial charge on any atom is 0.122 e. The van der Waals surface area contributed by atoms with Crippen molar-refractivity contribution in [2.24, 2.45) is 5.92 Å². The molecule has 3 aliphatic rings. The van der Waals surface area contributed by atoms with E-state index in [-0.39, 0.29) is 5.41 Å². The molecular weight excluding hydrogens is 507 g/mol.